The maximum absolute atomic E-state index is 16.9. The number of ether oxygens (including phenoxy) is 1. The third kappa shape index (κ3) is 5.22. The largest absolute Gasteiger partial charge is 0.508 e. The SMILES string of the molecule is CCc1c(F)ccc2cc(O)cc(-c3ncc4c(N5CCCC6(CNS(=O)(=O)N6)C5)nc(OCC56CCCN5C[C@H](F)C6)nc4c3F)c12. The number of nitrogens with zero attached hydrogens (tertiary/aromatic N) is 5. The van der Waals surface area contributed by atoms with Crippen molar-refractivity contribution in [3.05, 3.63) is 47.7 Å². The van der Waals surface area contributed by atoms with Gasteiger partial charge in [0.2, 0.25) is 0 Å². The number of hydrogen-bond donors (Lipinski definition) is 3. The van der Waals surface area contributed by atoms with Gasteiger partial charge in [0.15, 0.2) is 5.82 Å². The average Bonchev–Trinajstić information content (AvgIpc) is 3.68. The molecule has 6 heterocycles. The maximum Gasteiger partial charge on any atom is 0.319 e. The maximum atomic E-state index is 16.9. The first-order valence-corrected chi connectivity index (χ1v) is 17.8. The van der Waals surface area contributed by atoms with Crippen molar-refractivity contribution in [3.63, 3.8) is 0 Å². The predicted molar refractivity (Wildman–Crippen MR) is 174 cm³/mol. The Morgan fingerprint density at radius 3 is 2.77 bits per heavy atom. The Hall–Kier alpha value is -3.79. The molecule has 2 aromatic carbocycles. The molecule has 3 atom stereocenters. The minimum atomic E-state index is -3.65. The summed E-state index contributed by atoms with van der Waals surface area (Å²) in [6.45, 7) is 4.00. The van der Waals surface area contributed by atoms with E-state index < -0.39 is 39.1 Å². The summed E-state index contributed by atoms with van der Waals surface area (Å²) < 4.78 is 82.6. The van der Waals surface area contributed by atoms with Gasteiger partial charge in [0.25, 0.3) is 10.2 Å². The van der Waals surface area contributed by atoms with Crippen molar-refractivity contribution in [1.82, 2.24) is 29.3 Å². The van der Waals surface area contributed by atoms with E-state index in [9.17, 15) is 22.3 Å². The van der Waals surface area contributed by atoms with Crippen LogP contribution in [-0.2, 0) is 16.6 Å². The van der Waals surface area contributed by atoms with Gasteiger partial charge in [-0.1, -0.05) is 13.0 Å². The predicted octanol–water partition coefficient (Wildman–Crippen LogP) is 4.12. The van der Waals surface area contributed by atoms with Gasteiger partial charge >= 0.3 is 6.01 Å². The van der Waals surface area contributed by atoms with Crippen molar-refractivity contribution in [2.75, 3.05) is 44.2 Å². The lowest BCUT2D eigenvalue weighted by atomic mass is 9.90. The summed E-state index contributed by atoms with van der Waals surface area (Å²) in [6.07, 6.45) is 4.07. The van der Waals surface area contributed by atoms with Gasteiger partial charge < -0.3 is 14.7 Å². The number of anilines is 1. The van der Waals surface area contributed by atoms with Crippen LogP contribution in [0.25, 0.3) is 32.9 Å². The second-order valence-corrected chi connectivity index (χ2v) is 15.1. The Morgan fingerprint density at radius 1 is 1.15 bits per heavy atom. The quantitative estimate of drug-likeness (QED) is 0.275. The number of halogens is 3. The molecule has 0 saturated carbocycles. The normalized spacial score (nSPS) is 27.0. The van der Waals surface area contributed by atoms with Crippen LogP contribution in [0.4, 0.5) is 19.0 Å². The number of piperidine rings is 1. The topological polar surface area (TPSA) is 133 Å². The zero-order valence-corrected chi connectivity index (χ0v) is 27.2. The standard InChI is InChI=1S/C33H36F3N7O4S/c1-2-22-25(35)6-5-19-11-21(44)12-23(26(19)22)28-27(36)29-24(14-37-28)30(42-9-3-7-32(17-42)16-38-48(45,46)41-32)40-31(39-29)47-18-33-8-4-10-43(33)15-20(34)13-33/h5-6,11-12,14,20,38,41,44H,2-4,7-10,13,15-18H2,1H3/t20-,32?,33?/m1/s1. The molecule has 3 N–H and O–H groups in total. The smallest absolute Gasteiger partial charge is 0.319 e. The number of benzene rings is 2. The summed E-state index contributed by atoms with van der Waals surface area (Å²) in [5.74, 6) is -1.05. The van der Waals surface area contributed by atoms with Crippen molar-refractivity contribution >= 4 is 37.7 Å². The second kappa shape index (κ2) is 11.4. The van der Waals surface area contributed by atoms with Gasteiger partial charge in [0.05, 0.1) is 16.5 Å². The monoisotopic (exact) mass is 683 g/mol. The molecule has 4 aliphatic heterocycles. The van der Waals surface area contributed by atoms with Gasteiger partial charge in [0.1, 0.15) is 41.4 Å². The van der Waals surface area contributed by atoms with E-state index in [1.165, 1.54) is 30.5 Å². The van der Waals surface area contributed by atoms with E-state index in [1.807, 2.05) is 4.90 Å². The van der Waals surface area contributed by atoms with Gasteiger partial charge in [-0.3, -0.25) is 9.88 Å². The number of phenolic OH excluding ortho intramolecular Hbond substituents is 1. The molecule has 4 fully saturated rings. The zero-order chi connectivity index (χ0) is 33.4. The van der Waals surface area contributed by atoms with Crippen molar-refractivity contribution in [2.45, 2.75) is 62.7 Å². The van der Waals surface area contributed by atoms with Gasteiger partial charge in [-0.2, -0.15) is 23.1 Å². The van der Waals surface area contributed by atoms with Crippen LogP contribution in [0.5, 0.6) is 11.8 Å². The number of aromatic nitrogens is 3. The third-order valence-corrected chi connectivity index (χ3v) is 11.7. The third-order valence-electron chi connectivity index (χ3n) is 10.5. The average molecular weight is 684 g/mol. The van der Waals surface area contributed by atoms with Crippen molar-refractivity contribution in [1.29, 1.82) is 0 Å². The van der Waals surface area contributed by atoms with E-state index in [-0.39, 0.29) is 53.6 Å². The number of hydrogen-bond acceptors (Lipinski definition) is 9. The summed E-state index contributed by atoms with van der Waals surface area (Å²) in [6, 6.07) is 5.63. The first-order valence-electron chi connectivity index (χ1n) is 16.3. The molecular formula is C33H36F3N7O4S. The van der Waals surface area contributed by atoms with Gasteiger partial charge in [-0.25, -0.2) is 17.9 Å². The van der Waals surface area contributed by atoms with Crippen LogP contribution in [0.3, 0.4) is 0 Å². The molecule has 8 rings (SSSR count). The molecule has 2 unspecified atom stereocenters. The van der Waals surface area contributed by atoms with E-state index in [0.29, 0.717) is 60.9 Å². The van der Waals surface area contributed by atoms with Crippen LogP contribution in [-0.4, -0.2) is 90.0 Å². The Morgan fingerprint density at radius 2 is 1.98 bits per heavy atom. The number of aromatic hydroxyl groups is 1. The first kappa shape index (κ1) is 31.5. The van der Waals surface area contributed by atoms with Gasteiger partial charge in [0, 0.05) is 44.4 Å². The van der Waals surface area contributed by atoms with Crippen LogP contribution >= 0.6 is 0 Å². The van der Waals surface area contributed by atoms with Gasteiger partial charge in [-0.05, 0) is 73.2 Å². The Bertz CT molecular complexity index is 2070. The lowest BCUT2D eigenvalue weighted by Gasteiger charge is -2.40. The molecule has 0 amide bonds. The number of phenols is 1. The zero-order valence-electron chi connectivity index (χ0n) is 26.4. The fourth-order valence-corrected chi connectivity index (χ4v) is 9.67. The minimum absolute atomic E-state index is 0.0914. The lowest BCUT2D eigenvalue weighted by Crippen LogP contribution is -2.56. The van der Waals surface area contributed by atoms with Crippen LogP contribution in [0.2, 0.25) is 0 Å². The molecule has 254 valence electrons. The molecule has 0 aliphatic carbocycles. The Kier molecular flexibility index (Phi) is 7.47. The van der Waals surface area contributed by atoms with E-state index in [1.54, 1.807) is 6.92 Å². The minimum Gasteiger partial charge on any atom is -0.508 e. The number of pyridine rings is 1. The van der Waals surface area contributed by atoms with E-state index >= 15 is 4.39 Å². The summed E-state index contributed by atoms with van der Waals surface area (Å²) in [5.41, 5.74) is -0.918. The number of fused-ring (bicyclic) bond motifs is 3. The summed E-state index contributed by atoms with van der Waals surface area (Å²) >= 11 is 0. The first-order chi connectivity index (χ1) is 23.0. The van der Waals surface area contributed by atoms with Gasteiger partial charge in [-0.15, -0.1) is 0 Å². The fourth-order valence-electron chi connectivity index (χ4n) is 8.33. The number of nitrogens with one attached hydrogen (secondary N) is 2. The highest BCUT2D eigenvalue weighted by atomic mass is 32.2. The fraction of sp³-hybridized carbons (Fsp3) is 0.485. The van der Waals surface area contributed by atoms with Crippen molar-refractivity contribution < 1.29 is 31.4 Å². The number of rotatable bonds is 6. The van der Waals surface area contributed by atoms with Crippen molar-refractivity contribution in [3.8, 4) is 23.0 Å². The molecule has 4 saturated heterocycles. The van der Waals surface area contributed by atoms with Crippen LogP contribution < -0.4 is 19.1 Å². The molecule has 4 aliphatic rings. The number of alkyl halides is 1. The molecule has 0 bridgehead atoms. The molecule has 15 heteroatoms. The summed E-state index contributed by atoms with van der Waals surface area (Å²) in [5, 5.41) is 11.8. The van der Waals surface area contributed by atoms with Crippen molar-refractivity contribution in [2.24, 2.45) is 0 Å². The van der Waals surface area contributed by atoms with E-state index in [4.69, 9.17) is 9.72 Å². The molecular weight excluding hydrogens is 647 g/mol. The highest BCUT2D eigenvalue weighted by Gasteiger charge is 2.49. The second-order valence-electron chi connectivity index (χ2n) is 13.6. The Balaban J connectivity index is 1.27. The van der Waals surface area contributed by atoms with E-state index in [2.05, 4.69) is 24.3 Å². The van der Waals surface area contributed by atoms with Crippen LogP contribution in [0, 0.1) is 11.6 Å². The number of aryl methyl sites for hydroxylation is 1. The molecule has 11 nitrogen and oxygen atoms in total. The summed E-state index contributed by atoms with van der Waals surface area (Å²) in [7, 11) is -3.65. The molecule has 0 radical (unpaired) electrons. The molecule has 1 spiro atoms. The molecule has 2 aromatic heterocycles. The highest BCUT2D eigenvalue weighted by Crippen LogP contribution is 2.42. The lowest BCUT2D eigenvalue weighted by molar-refractivity contribution is 0.107. The summed E-state index contributed by atoms with van der Waals surface area (Å²) in [4.78, 5) is 17.8. The van der Waals surface area contributed by atoms with Crippen LogP contribution in [0.15, 0.2) is 30.5 Å². The molecule has 48 heavy (non-hydrogen) atoms. The van der Waals surface area contributed by atoms with Crippen LogP contribution in [0.1, 0.15) is 44.6 Å². The van der Waals surface area contributed by atoms with E-state index in [0.717, 1.165) is 19.4 Å². The Labute approximate surface area is 275 Å². The highest BCUT2D eigenvalue weighted by molar-refractivity contribution is 7.87. The molecule has 4 aromatic rings.